The summed E-state index contributed by atoms with van der Waals surface area (Å²) in [5, 5.41) is 5.68. The van der Waals surface area contributed by atoms with Crippen molar-refractivity contribution >= 4 is 39.1 Å². The Labute approximate surface area is 150 Å². The number of hydrogen-bond acceptors (Lipinski definition) is 5. The van der Waals surface area contributed by atoms with Gasteiger partial charge in [0, 0.05) is 11.4 Å². The van der Waals surface area contributed by atoms with Crippen molar-refractivity contribution in [3.05, 3.63) is 46.3 Å². The molecule has 1 aliphatic rings. The lowest BCUT2D eigenvalue weighted by molar-refractivity contribution is 0.509. The number of benzene rings is 1. The Kier molecular flexibility index (Phi) is 4.46. The number of aryl methyl sites for hydroxylation is 1. The lowest BCUT2D eigenvalue weighted by Crippen LogP contribution is -2.09. The van der Waals surface area contributed by atoms with Gasteiger partial charge in [0.1, 0.15) is 10.6 Å². The molecule has 1 aliphatic carbocycles. The molecular weight excluding hydrogens is 334 g/mol. The lowest BCUT2D eigenvalue weighted by Gasteiger charge is -2.18. The SMILES string of the molecule is CSc1nc(NCc2ccccc2)c2c3c(sc2n1)CC(C)CC3. The van der Waals surface area contributed by atoms with Crippen molar-refractivity contribution in [3.63, 3.8) is 0 Å². The minimum atomic E-state index is 0.777. The molecule has 4 rings (SSSR count). The maximum Gasteiger partial charge on any atom is 0.190 e. The number of hydrogen-bond donors (Lipinski definition) is 1. The van der Waals surface area contributed by atoms with Crippen LogP contribution in [-0.4, -0.2) is 16.2 Å². The molecule has 0 saturated heterocycles. The molecule has 0 amide bonds. The molecule has 1 atom stereocenters. The topological polar surface area (TPSA) is 37.8 Å². The Morgan fingerprint density at radius 3 is 2.88 bits per heavy atom. The number of nitrogens with zero attached hydrogens (tertiary/aromatic N) is 2. The van der Waals surface area contributed by atoms with Gasteiger partial charge in [-0.15, -0.1) is 11.3 Å². The Bertz CT molecular complexity index is 858. The first-order chi connectivity index (χ1) is 11.7. The van der Waals surface area contributed by atoms with Crippen molar-refractivity contribution in [2.24, 2.45) is 5.92 Å². The quantitative estimate of drug-likeness (QED) is 0.519. The molecule has 2 heterocycles. The molecule has 3 nitrogen and oxygen atoms in total. The summed E-state index contributed by atoms with van der Waals surface area (Å²) in [6, 6.07) is 10.5. The van der Waals surface area contributed by atoms with E-state index in [0.29, 0.717) is 0 Å². The van der Waals surface area contributed by atoms with E-state index in [1.165, 1.54) is 34.2 Å². The van der Waals surface area contributed by atoms with Gasteiger partial charge in [-0.1, -0.05) is 49.0 Å². The number of thiophene rings is 1. The number of nitrogens with one attached hydrogen (secondary N) is 1. The largest absolute Gasteiger partial charge is 0.365 e. The standard InChI is InChI=1S/C19H21N3S2/c1-12-8-9-14-15(10-12)24-18-16(14)17(21-19(22-18)23-2)20-11-13-6-4-3-5-7-13/h3-7,12H,8-11H2,1-2H3,(H,20,21,22). The summed E-state index contributed by atoms with van der Waals surface area (Å²) in [4.78, 5) is 12.2. The van der Waals surface area contributed by atoms with Gasteiger partial charge >= 0.3 is 0 Å². The molecule has 0 radical (unpaired) electrons. The van der Waals surface area contributed by atoms with Gasteiger partial charge in [0.15, 0.2) is 5.16 Å². The normalized spacial score (nSPS) is 17.0. The first-order valence-corrected chi connectivity index (χ1v) is 10.4. The van der Waals surface area contributed by atoms with E-state index >= 15 is 0 Å². The third kappa shape index (κ3) is 3.03. The second-order valence-electron chi connectivity index (χ2n) is 6.43. The minimum Gasteiger partial charge on any atom is -0.365 e. The number of anilines is 1. The number of aromatic nitrogens is 2. The molecule has 24 heavy (non-hydrogen) atoms. The van der Waals surface area contributed by atoms with Crippen LogP contribution in [0.25, 0.3) is 10.2 Å². The minimum absolute atomic E-state index is 0.777. The second kappa shape index (κ2) is 6.73. The number of rotatable bonds is 4. The van der Waals surface area contributed by atoms with Gasteiger partial charge < -0.3 is 5.32 Å². The molecular formula is C19H21N3S2. The van der Waals surface area contributed by atoms with E-state index in [9.17, 15) is 0 Å². The van der Waals surface area contributed by atoms with Crippen LogP contribution in [0.4, 0.5) is 5.82 Å². The van der Waals surface area contributed by atoms with Gasteiger partial charge in [-0.3, -0.25) is 0 Å². The third-order valence-corrected chi connectivity index (χ3v) is 6.32. The second-order valence-corrected chi connectivity index (χ2v) is 8.29. The van der Waals surface area contributed by atoms with Crippen LogP contribution in [0.3, 0.4) is 0 Å². The van der Waals surface area contributed by atoms with Gasteiger partial charge in [0.2, 0.25) is 0 Å². The Hall–Kier alpha value is -1.59. The highest BCUT2D eigenvalue weighted by Crippen LogP contribution is 2.40. The van der Waals surface area contributed by atoms with Crippen molar-refractivity contribution < 1.29 is 0 Å². The molecule has 0 spiro atoms. The Morgan fingerprint density at radius 1 is 1.25 bits per heavy atom. The predicted molar refractivity (Wildman–Crippen MR) is 104 cm³/mol. The van der Waals surface area contributed by atoms with Gasteiger partial charge in [-0.05, 0) is 42.6 Å². The summed E-state index contributed by atoms with van der Waals surface area (Å²) in [6.07, 6.45) is 5.64. The molecule has 124 valence electrons. The smallest absolute Gasteiger partial charge is 0.190 e. The van der Waals surface area contributed by atoms with Crippen LogP contribution in [0.5, 0.6) is 0 Å². The monoisotopic (exact) mass is 355 g/mol. The van der Waals surface area contributed by atoms with Crippen molar-refractivity contribution in [1.29, 1.82) is 0 Å². The predicted octanol–water partition coefficient (Wildman–Crippen LogP) is 5.15. The van der Waals surface area contributed by atoms with Crippen molar-refractivity contribution in [1.82, 2.24) is 9.97 Å². The highest BCUT2D eigenvalue weighted by Gasteiger charge is 2.23. The van der Waals surface area contributed by atoms with Crippen LogP contribution in [0.2, 0.25) is 0 Å². The molecule has 5 heteroatoms. The zero-order valence-electron chi connectivity index (χ0n) is 14.0. The maximum absolute atomic E-state index is 4.78. The van der Waals surface area contributed by atoms with Crippen molar-refractivity contribution in [2.75, 3.05) is 11.6 Å². The molecule has 1 aromatic carbocycles. The van der Waals surface area contributed by atoms with E-state index in [-0.39, 0.29) is 0 Å². The summed E-state index contributed by atoms with van der Waals surface area (Å²) in [5.41, 5.74) is 2.75. The highest BCUT2D eigenvalue weighted by atomic mass is 32.2. The van der Waals surface area contributed by atoms with Crippen molar-refractivity contribution in [3.8, 4) is 0 Å². The molecule has 0 bridgehead atoms. The molecule has 0 saturated carbocycles. The van der Waals surface area contributed by atoms with Gasteiger partial charge in [-0.25, -0.2) is 9.97 Å². The molecule has 2 aromatic heterocycles. The number of thioether (sulfide) groups is 1. The lowest BCUT2D eigenvalue weighted by atomic mass is 9.89. The van der Waals surface area contributed by atoms with Crippen LogP contribution in [-0.2, 0) is 19.4 Å². The average molecular weight is 356 g/mol. The van der Waals surface area contributed by atoms with E-state index in [4.69, 9.17) is 9.97 Å². The first kappa shape index (κ1) is 15.9. The Morgan fingerprint density at radius 2 is 2.08 bits per heavy atom. The summed E-state index contributed by atoms with van der Waals surface area (Å²) >= 11 is 3.47. The first-order valence-electron chi connectivity index (χ1n) is 8.38. The Balaban J connectivity index is 1.75. The fourth-order valence-corrected chi connectivity index (χ4v) is 5.13. The van der Waals surface area contributed by atoms with Crippen LogP contribution in [0, 0.1) is 5.92 Å². The summed E-state index contributed by atoms with van der Waals surface area (Å²) < 4.78 is 0. The van der Waals surface area contributed by atoms with Gasteiger partial charge in [0.05, 0.1) is 5.39 Å². The van der Waals surface area contributed by atoms with Crippen LogP contribution < -0.4 is 5.32 Å². The van der Waals surface area contributed by atoms with Gasteiger partial charge in [0.25, 0.3) is 0 Å². The fraction of sp³-hybridized carbons (Fsp3) is 0.368. The van der Waals surface area contributed by atoms with E-state index < -0.39 is 0 Å². The van der Waals surface area contributed by atoms with E-state index in [0.717, 1.165) is 34.7 Å². The molecule has 0 aliphatic heterocycles. The fourth-order valence-electron chi connectivity index (χ4n) is 3.32. The van der Waals surface area contributed by atoms with Crippen LogP contribution >= 0.6 is 23.1 Å². The maximum atomic E-state index is 4.78. The highest BCUT2D eigenvalue weighted by molar-refractivity contribution is 7.98. The van der Waals surface area contributed by atoms with Crippen LogP contribution in [0.15, 0.2) is 35.5 Å². The van der Waals surface area contributed by atoms with Gasteiger partial charge in [-0.2, -0.15) is 0 Å². The third-order valence-electron chi connectivity index (χ3n) is 4.62. The van der Waals surface area contributed by atoms with Crippen molar-refractivity contribution in [2.45, 2.75) is 37.9 Å². The van der Waals surface area contributed by atoms with E-state index in [1.807, 2.05) is 17.6 Å². The zero-order valence-corrected chi connectivity index (χ0v) is 15.6. The van der Waals surface area contributed by atoms with Crippen LogP contribution in [0.1, 0.15) is 29.3 Å². The zero-order chi connectivity index (χ0) is 16.5. The summed E-state index contributed by atoms with van der Waals surface area (Å²) in [6.45, 7) is 3.14. The average Bonchev–Trinajstić information content (AvgIpc) is 2.97. The molecule has 1 unspecified atom stereocenters. The molecule has 3 aromatic rings. The van der Waals surface area contributed by atoms with E-state index in [2.05, 4.69) is 42.6 Å². The molecule has 0 fully saturated rings. The number of fused-ring (bicyclic) bond motifs is 3. The summed E-state index contributed by atoms with van der Waals surface area (Å²) in [5.74, 6) is 1.78. The van der Waals surface area contributed by atoms with E-state index in [1.54, 1.807) is 11.8 Å². The molecule has 1 N–H and O–H groups in total. The summed E-state index contributed by atoms with van der Waals surface area (Å²) in [7, 11) is 0.